The van der Waals surface area contributed by atoms with E-state index in [1.807, 2.05) is 48.5 Å². The summed E-state index contributed by atoms with van der Waals surface area (Å²) in [7, 11) is 3.19. The van der Waals surface area contributed by atoms with Crippen LogP contribution >= 0.6 is 0 Å². The zero-order valence-corrected chi connectivity index (χ0v) is 18.5. The summed E-state index contributed by atoms with van der Waals surface area (Å²) < 4.78 is 9.22. The second kappa shape index (κ2) is 9.66. The molecule has 2 heterocycles. The summed E-state index contributed by atoms with van der Waals surface area (Å²) >= 11 is 0. The van der Waals surface area contributed by atoms with E-state index in [0.29, 0.717) is 18.8 Å². The fourth-order valence-corrected chi connectivity index (χ4v) is 3.68. The molecule has 0 saturated heterocycles. The standard InChI is InChI=1S/C24H25N5O4/c1-26(19-11-7-4-8-12-19)20(30)16-29-23(31)21-22(25-17-27(21)13-14-33-2)28(24(29)32)15-18-9-5-3-6-10-18/h3-12,17H,13-16H2,1-2H3. The van der Waals surface area contributed by atoms with Crippen molar-refractivity contribution in [2.45, 2.75) is 19.6 Å². The van der Waals surface area contributed by atoms with Gasteiger partial charge in [0.05, 0.1) is 19.5 Å². The van der Waals surface area contributed by atoms with Gasteiger partial charge in [-0.2, -0.15) is 0 Å². The lowest BCUT2D eigenvalue weighted by atomic mass is 10.2. The molecule has 0 spiro atoms. The molecule has 0 atom stereocenters. The van der Waals surface area contributed by atoms with Crippen molar-refractivity contribution in [1.82, 2.24) is 18.7 Å². The molecule has 33 heavy (non-hydrogen) atoms. The molecule has 9 nitrogen and oxygen atoms in total. The van der Waals surface area contributed by atoms with E-state index in [2.05, 4.69) is 4.98 Å². The van der Waals surface area contributed by atoms with Crippen LogP contribution < -0.4 is 16.1 Å². The highest BCUT2D eigenvalue weighted by atomic mass is 16.5. The molecule has 0 fully saturated rings. The molecule has 1 amide bonds. The quantitative estimate of drug-likeness (QED) is 0.410. The number of nitrogens with zero attached hydrogens (tertiary/aromatic N) is 5. The Bertz CT molecular complexity index is 1370. The highest BCUT2D eigenvalue weighted by Crippen LogP contribution is 2.13. The second-order valence-electron chi connectivity index (χ2n) is 7.64. The zero-order chi connectivity index (χ0) is 23.4. The summed E-state index contributed by atoms with van der Waals surface area (Å²) in [6, 6.07) is 18.5. The number of carbonyl (C=O) groups excluding carboxylic acids is 1. The number of benzene rings is 2. The number of methoxy groups -OCH3 is 1. The van der Waals surface area contributed by atoms with Crippen molar-refractivity contribution in [2.75, 3.05) is 25.7 Å². The lowest BCUT2D eigenvalue weighted by Crippen LogP contribution is -2.44. The highest BCUT2D eigenvalue weighted by molar-refractivity contribution is 5.92. The van der Waals surface area contributed by atoms with Gasteiger partial charge in [0.1, 0.15) is 6.54 Å². The van der Waals surface area contributed by atoms with Gasteiger partial charge in [0, 0.05) is 26.4 Å². The van der Waals surface area contributed by atoms with Crippen molar-refractivity contribution >= 4 is 22.8 Å². The van der Waals surface area contributed by atoms with Gasteiger partial charge in [-0.25, -0.2) is 14.3 Å². The van der Waals surface area contributed by atoms with Gasteiger partial charge in [-0.1, -0.05) is 48.5 Å². The van der Waals surface area contributed by atoms with Crippen molar-refractivity contribution in [1.29, 1.82) is 0 Å². The average Bonchev–Trinajstić information content (AvgIpc) is 3.27. The molecule has 0 aliphatic carbocycles. The Hall–Kier alpha value is -3.98. The van der Waals surface area contributed by atoms with Crippen LogP contribution in [0.4, 0.5) is 5.69 Å². The minimum atomic E-state index is -0.580. The number of imidazole rings is 1. The van der Waals surface area contributed by atoms with Crippen LogP contribution in [0.1, 0.15) is 5.56 Å². The van der Waals surface area contributed by atoms with Gasteiger partial charge >= 0.3 is 5.69 Å². The topological polar surface area (TPSA) is 91.4 Å². The summed E-state index contributed by atoms with van der Waals surface area (Å²) in [5.74, 6) is -0.381. The predicted octanol–water partition coefficient (Wildman–Crippen LogP) is 1.72. The molecule has 0 N–H and O–H groups in total. The maximum absolute atomic E-state index is 13.4. The van der Waals surface area contributed by atoms with E-state index in [4.69, 9.17) is 4.74 Å². The van der Waals surface area contributed by atoms with Gasteiger partial charge < -0.3 is 14.2 Å². The van der Waals surface area contributed by atoms with Crippen LogP contribution in [0.15, 0.2) is 76.6 Å². The monoisotopic (exact) mass is 447 g/mol. The van der Waals surface area contributed by atoms with Gasteiger partial charge in [-0.15, -0.1) is 0 Å². The van der Waals surface area contributed by atoms with E-state index in [0.717, 1.165) is 10.1 Å². The number of carbonyl (C=O) groups is 1. The van der Waals surface area contributed by atoms with Gasteiger partial charge in [0.2, 0.25) is 5.91 Å². The molecule has 4 rings (SSSR count). The lowest BCUT2D eigenvalue weighted by molar-refractivity contribution is -0.119. The van der Waals surface area contributed by atoms with Crippen molar-refractivity contribution in [3.8, 4) is 0 Å². The SMILES string of the molecule is COCCn1cnc2c1c(=O)n(CC(=O)N(C)c1ccccc1)c(=O)n2Cc1ccccc1. The van der Waals surface area contributed by atoms with Crippen LogP contribution in [0, 0.1) is 0 Å². The highest BCUT2D eigenvalue weighted by Gasteiger charge is 2.21. The lowest BCUT2D eigenvalue weighted by Gasteiger charge is -2.18. The third kappa shape index (κ3) is 4.49. The molecule has 0 aliphatic heterocycles. The number of ether oxygens (including phenoxy) is 1. The van der Waals surface area contributed by atoms with Crippen molar-refractivity contribution in [2.24, 2.45) is 0 Å². The van der Waals surface area contributed by atoms with Crippen molar-refractivity contribution < 1.29 is 9.53 Å². The minimum absolute atomic E-state index is 0.223. The Balaban J connectivity index is 1.81. The van der Waals surface area contributed by atoms with E-state index >= 15 is 0 Å². The Labute approximate surface area is 190 Å². The number of para-hydroxylation sites is 1. The number of fused-ring (bicyclic) bond motifs is 1. The number of hydrogen-bond acceptors (Lipinski definition) is 5. The third-order valence-corrected chi connectivity index (χ3v) is 5.51. The summed E-state index contributed by atoms with van der Waals surface area (Å²) in [6.45, 7) is 0.603. The number of hydrogen-bond donors (Lipinski definition) is 0. The molecule has 0 saturated carbocycles. The first-order chi connectivity index (χ1) is 16.0. The fraction of sp³-hybridized carbons (Fsp3) is 0.250. The van der Waals surface area contributed by atoms with Crippen molar-refractivity contribution in [3.63, 3.8) is 0 Å². The van der Waals surface area contributed by atoms with E-state index < -0.39 is 11.2 Å². The molecule has 0 unspecified atom stereocenters. The van der Waals surface area contributed by atoms with E-state index in [9.17, 15) is 14.4 Å². The van der Waals surface area contributed by atoms with Gasteiger partial charge in [0.25, 0.3) is 5.56 Å². The van der Waals surface area contributed by atoms with Crippen LogP contribution in [-0.4, -0.2) is 45.4 Å². The number of aromatic nitrogens is 4. The molecule has 0 aliphatic rings. The molecule has 0 radical (unpaired) electrons. The van der Waals surface area contributed by atoms with Crippen LogP contribution in [0.3, 0.4) is 0 Å². The van der Waals surface area contributed by atoms with Crippen LogP contribution in [0.2, 0.25) is 0 Å². The molecular formula is C24H25N5O4. The maximum Gasteiger partial charge on any atom is 0.333 e. The van der Waals surface area contributed by atoms with Gasteiger partial charge in [0.15, 0.2) is 11.2 Å². The first-order valence-corrected chi connectivity index (χ1v) is 10.5. The summed E-state index contributed by atoms with van der Waals surface area (Å²) in [5.41, 5.74) is 0.963. The molecule has 4 aromatic rings. The largest absolute Gasteiger partial charge is 0.383 e. The summed E-state index contributed by atoms with van der Waals surface area (Å²) in [6.07, 6.45) is 1.52. The van der Waals surface area contributed by atoms with Crippen LogP contribution in [0.5, 0.6) is 0 Å². The van der Waals surface area contributed by atoms with E-state index in [1.165, 1.54) is 15.8 Å². The minimum Gasteiger partial charge on any atom is -0.383 e. The molecule has 2 aromatic heterocycles. The number of anilines is 1. The van der Waals surface area contributed by atoms with Crippen LogP contribution in [-0.2, 0) is 29.2 Å². The molecule has 2 aromatic carbocycles. The number of rotatable bonds is 8. The van der Waals surface area contributed by atoms with E-state index in [1.54, 1.807) is 30.9 Å². The normalized spacial score (nSPS) is 11.1. The second-order valence-corrected chi connectivity index (χ2v) is 7.64. The summed E-state index contributed by atoms with van der Waals surface area (Å²) in [5, 5.41) is 0. The molecule has 9 heteroatoms. The Morgan fingerprint density at radius 1 is 1.00 bits per heavy atom. The third-order valence-electron chi connectivity index (χ3n) is 5.51. The fourth-order valence-electron chi connectivity index (χ4n) is 3.68. The molecular weight excluding hydrogens is 422 g/mol. The number of amides is 1. The van der Waals surface area contributed by atoms with Gasteiger partial charge in [-0.3, -0.25) is 14.2 Å². The van der Waals surface area contributed by atoms with Crippen molar-refractivity contribution in [3.05, 3.63) is 93.4 Å². The smallest absolute Gasteiger partial charge is 0.333 e. The van der Waals surface area contributed by atoms with Crippen LogP contribution in [0.25, 0.3) is 11.2 Å². The molecule has 170 valence electrons. The first-order valence-electron chi connectivity index (χ1n) is 10.5. The Morgan fingerprint density at radius 2 is 1.67 bits per heavy atom. The molecule has 0 bridgehead atoms. The zero-order valence-electron chi connectivity index (χ0n) is 18.5. The average molecular weight is 447 g/mol. The predicted molar refractivity (Wildman–Crippen MR) is 126 cm³/mol. The first kappa shape index (κ1) is 22.2. The Morgan fingerprint density at radius 3 is 2.33 bits per heavy atom. The summed E-state index contributed by atoms with van der Waals surface area (Å²) in [4.78, 5) is 45.6. The van der Waals surface area contributed by atoms with Gasteiger partial charge in [-0.05, 0) is 17.7 Å². The van der Waals surface area contributed by atoms with E-state index in [-0.39, 0.29) is 30.2 Å². The maximum atomic E-state index is 13.4. The number of likely N-dealkylation sites (N-methyl/N-ethyl adjacent to an activating group) is 1. The Kier molecular flexibility index (Phi) is 6.50.